The molecule has 1 aliphatic rings. The summed E-state index contributed by atoms with van der Waals surface area (Å²) in [6, 6.07) is 12.6. The van der Waals surface area contributed by atoms with Gasteiger partial charge < -0.3 is 10.3 Å². The molecule has 4 rings (SSSR count). The van der Waals surface area contributed by atoms with E-state index in [2.05, 4.69) is 33.4 Å². The number of nitrogens with one attached hydrogen (secondary N) is 2. The van der Waals surface area contributed by atoms with Crippen LogP contribution in [0.15, 0.2) is 42.7 Å². The van der Waals surface area contributed by atoms with Gasteiger partial charge in [-0.15, -0.1) is 0 Å². The van der Waals surface area contributed by atoms with Crippen molar-refractivity contribution < 1.29 is 4.79 Å². The largest absolute Gasteiger partial charge is 0.348 e. The molecule has 0 aliphatic carbocycles. The van der Waals surface area contributed by atoms with Crippen molar-refractivity contribution in [3.05, 3.63) is 48.4 Å². The molecular formula is C20H24N4OSi. The number of fused-ring (bicyclic) bond motifs is 1. The fourth-order valence-corrected chi connectivity index (χ4v) is 6.12. The van der Waals surface area contributed by atoms with Gasteiger partial charge in [0.05, 0.1) is 5.69 Å². The van der Waals surface area contributed by atoms with Crippen LogP contribution < -0.4 is 5.32 Å². The molecule has 2 N–H and O–H groups in total. The van der Waals surface area contributed by atoms with Crippen molar-refractivity contribution in [1.82, 2.24) is 20.3 Å². The normalized spacial score (nSPS) is 17.3. The van der Waals surface area contributed by atoms with Gasteiger partial charge in [0.2, 0.25) is 0 Å². The molecule has 0 bridgehead atoms. The highest BCUT2D eigenvalue weighted by Gasteiger charge is 2.29. The van der Waals surface area contributed by atoms with Crippen molar-refractivity contribution in [3.8, 4) is 11.3 Å². The third kappa shape index (κ3) is 3.55. The third-order valence-corrected chi connectivity index (χ3v) is 8.64. The second-order valence-corrected chi connectivity index (χ2v) is 13.3. The number of carbonyl (C=O) groups is 1. The Morgan fingerprint density at radius 2 is 2.04 bits per heavy atom. The van der Waals surface area contributed by atoms with Crippen molar-refractivity contribution in [2.75, 3.05) is 0 Å². The average molecular weight is 365 g/mol. The molecule has 134 valence electrons. The molecule has 0 atom stereocenters. The number of nitrogens with zero attached hydrogens (tertiary/aromatic N) is 2. The van der Waals surface area contributed by atoms with Crippen LogP contribution in [-0.2, 0) is 0 Å². The Bertz CT molecular complexity index is 925. The minimum atomic E-state index is -1.00. The summed E-state index contributed by atoms with van der Waals surface area (Å²) in [6.45, 7) is 4.88. The van der Waals surface area contributed by atoms with E-state index in [0.717, 1.165) is 35.1 Å². The van der Waals surface area contributed by atoms with E-state index in [1.165, 1.54) is 12.1 Å². The molecular weight excluding hydrogens is 340 g/mol. The number of H-pyrrole nitrogens is 1. The first-order valence-corrected chi connectivity index (χ1v) is 12.6. The predicted octanol–water partition coefficient (Wildman–Crippen LogP) is 4.23. The summed E-state index contributed by atoms with van der Waals surface area (Å²) in [7, 11) is -1.00. The quantitative estimate of drug-likeness (QED) is 0.683. The maximum atomic E-state index is 12.6. The maximum Gasteiger partial charge on any atom is 0.267 e. The van der Waals surface area contributed by atoms with E-state index in [-0.39, 0.29) is 5.91 Å². The lowest BCUT2D eigenvalue weighted by atomic mass is 10.1. The number of hydrogen-bond acceptors (Lipinski definition) is 3. The fourth-order valence-electron chi connectivity index (χ4n) is 3.61. The minimum Gasteiger partial charge on any atom is -0.348 e. The van der Waals surface area contributed by atoms with Crippen LogP contribution in [0.5, 0.6) is 0 Å². The van der Waals surface area contributed by atoms with Crippen molar-refractivity contribution in [3.63, 3.8) is 0 Å². The van der Waals surface area contributed by atoms with Crippen molar-refractivity contribution >= 4 is 25.0 Å². The van der Waals surface area contributed by atoms with Crippen LogP contribution in [0.3, 0.4) is 0 Å². The lowest BCUT2D eigenvalue weighted by Gasteiger charge is -2.33. The highest BCUT2D eigenvalue weighted by molar-refractivity contribution is 6.77. The van der Waals surface area contributed by atoms with Gasteiger partial charge >= 0.3 is 0 Å². The van der Waals surface area contributed by atoms with E-state index >= 15 is 0 Å². The molecule has 0 saturated carbocycles. The molecule has 1 aliphatic heterocycles. The monoisotopic (exact) mass is 364 g/mol. The Kier molecular flexibility index (Phi) is 4.36. The van der Waals surface area contributed by atoms with Gasteiger partial charge in [-0.3, -0.25) is 9.78 Å². The van der Waals surface area contributed by atoms with Gasteiger partial charge in [-0.05, 0) is 43.2 Å². The molecule has 26 heavy (non-hydrogen) atoms. The molecule has 3 aromatic rings. The van der Waals surface area contributed by atoms with E-state index in [1.807, 2.05) is 30.3 Å². The molecule has 6 heteroatoms. The van der Waals surface area contributed by atoms with Gasteiger partial charge in [-0.25, -0.2) is 4.98 Å². The van der Waals surface area contributed by atoms with E-state index in [9.17, 15) is 4.79 Å². The number of aromatic amines is 1. The topological polar surface area (TPSA) is 70.7 Å². The summed E-state index contributed by atoms with van der Waals surface area (Å²) in [5, 5.41) is 4.14. The highest BCUT2D eigenvalue weighted by atomic mass is 28.3. The molecule has 3 aromatic heterocycles. The zero-order valence-electron chi connectivity index (χ0n) is 15.2. The van der Waals surface area contributed by atoms with Crippen LogP contribution >= 0.6 is 0 Å². The SMILES string of the molecule is C[Si]1(C)CCC(NC(=O)c2cc3ccc(-c4cccnc4)nc3[nH]2)CC1. The van der Waals surface area contributed by atoms with Crippen molar-refractivity contribution in [2.24, 2.45) is 0 Å². The molecule has 0 aromatic carbocycles. The second kappa shape index (κ2) is 6.68. The van der Waals surface area contributed by atoms with Crippen molar-refractivity contribution in [1.29, 1.82) is 0 Å². The fraction of sp³-hybridized carbons (Fsp3) is 0.350. The Hall–Kier alpha value is -2.47. The average Bonchev–Trinajstić information content (AvgIpc) is 3.07. The van der Waals surface area contributed by atoms with Crippen LogP contribution in [0, 0.1) is 0 Å². The maximum absolute atomic E-state index is 12.6. The first-order valence-electron chi connectivity index (χ1n) is 9.21. The first kappa shape index (κ1) is 17.0. The Labute approximate surface area is 154 Å². The van der Waals surface area contributed by atoms with Gasteiger partial charge in [0.1, 0.15) is 11.3 Å². The molecule has 1 saturated heterocycles. The van der Waals surface area contributed by atoms with Crippen LogP contribution in [-0.4, -0.2) is 35.0 Å². The number of amides is 1. The predicted molar refractivity (Wildman–Crippen MR) is 107 cm³/mol. The Balaban J connectivity index is 1.51. The molecule has 0 unspecified atom stereocenters. The third-order valence-electron chi connectivity index (χ3n) is 5.36. The van der Waals surface area contributed by atoms with Gasteiger partial charge in [0.25, 0.3) is 5.91 Å². The number of aromatic nitrogens is 3. The zero-order chi connectivity index (χ0) is 18.1. The molecule has 1 fully saturated rings. The number of hydrogen-bond donors (Lipinski definition) is 2. The van der Waals surface area contributed by atoms with Crippen LogP contribution in [0.25, 0.3) is 22.3 Å². The minimum absolute atomic E-state index is 0.0303. The highest BCUT2D eigenvalue weighted by Crippen LogP contribution is 2.28. The zero-order valence-corrected chi connectivity index (χ0v) is 16.2. The smallest absolute Gasteiger partial charge is 0.267 e. The van der Waals surface area contributed by atoms with E-state index in [0.29, 0.717) is 11.7 Å². The summed E-state index contributed by atoms with van der Waals surface area (Å²) in [5.74, 6) is -0.0303. The van der Waals surface area contributed by atoms with Crippen molar-refractivity contribution in [2.45, 2.75) is 44.1 Å². The van der Waals surface area contributed by atoms with Crippen LogP contribution in [0.4, 0.5) is 0 Å². The number of pyridine rings is 2. The molecule has 1 amide bonds. The molecule has 5 nitrogen and oxygen atoms in total. The summed E-state index contributed by atoms with van der Waals surface area (Å²) in [6.07, 6.45) is 5.75. The first-order chi connectivity index (χ1) is 12.5. The second-order valence-electron chi connectivity index (χ2n) is 7.97. The summed E-state index contributed by atoms with van der Waals surface area (Å²) < 4.78 is 0. The summed E-state index contributed by atoms with van der Waals surface area (Å²) >= 11 is 0. The number of carbonyl (C=O) groups excluding carboxylic acids is 1. The molecule has 0 radical (unpaired) electrons. The summed E-state index contributed by atoms with van der Waals surface area (Å²) in [4.78, 5) is 24.6. The van der Waals surface area contributed by atoms with Gasteiger partial charge in [-0.2, -0.15) is 0 Å². The van der Waals surface area contributed by atoms with E-state index in [4.69, 9.17) is 0 Å². The lowest BCUT2D eigenvalue weighted by Crippen LogP contribution is -2.42. The standard InChI is InChI=1S/C20H24N4OSi/c1-26(2)10-7-16(8-11-26)22-20(25)18-12-14-5-6-17(23-19(14)24-18)15-4-3-9-21-13-15/h3-6,9,12-13,16H,7-8,10-11H2,1-2H3,(H,22,25)(H,23,24). The number of rotatable bonds is 3. The molecule has 4 heterocycles. The van der Waals surface area contributed by atoms with Gasteiger partial charge in [-0.1, -0.05) is 25.2 Å². The van der Waals surface area contributed by atoms with Gasteiger partial charge in [0.15, 0.2) is 0 Å². The van der Waals surface area contributed by atoms with E-state index < -0.39 is 8.07 Å². The summed E-state index contributed by atoms with van der Waals surface area (Å²) in [5.41, 5.74) is 3.12. The lowest BCUT2D eigenvalue weighted by molar-refractivity contribution is 0.0929. The van der Waals surface area contributed by atoms with E-state index in [1.54, 1.807) is 12.4 Å². The molecule has 0 spiro atoms. The Morgan fingerprint density at radius 1 is 1.23 bits per heavy atom. The van der Waals surface area contributed by atoms with Crippen LogP contribution in [0.2, 0.25) is 25.2 Å². The Morgan fingerprint density at radius 3 is 2.77 bits per heavy atom. The van der Waals surface area contributed by atoms with Crippen LogP contribution in [0.1, 0.15) is 23.3 Å². The van der Waals surface area contributed by atoms with Gasteiger partial charge in [0, 0.05) is 37.5 Å².